The molecule has 1 saturated heterocycles. The number of hydrogen-bond donors (Lipinski definition) is 1. The van der Waals surface area contributed by atoms with Gasteiger partial charge in [-0.3, -0.25) is 14.9 Å². The predicted molar refractivity (Wildman–Crippen MR) is 66.5 cm³/mol. The molecule has 6 heteroatoms. The molecule has 1 aromatic rings. The quantitative estimate of drug-likeness (QED) is 0.627. The van der Waals surface area contributed by atoms with E-state index in [1.807, 2.05) is 0 Å². The number of carbonyl (C=O) groups excluding carboxylic acids is 1. The standard InChI is InChI=1S/C12H15N3O3/c16-12(14-8-3-6-13-7-9-14)10-4-1-2-5-11(10)15(17)18/h1-2,4-5,13H,3,6-9H2. The van der Waals surface area contributed by atoms with Gasteiger partial charge < -0.3 is 10.2 Å². The van der Waals surface area contributed by atoms with E-state index in [4.69, 9.17) is 0 Å². The molecule has 2 rings (SSSR count). The van der Waals surface area contributed by atoms with E-state index in [-0.39, 0.29) is 17.2 Å². The van der Waals surface area contributed by atoms with E-state index in [9.17, 15) is 14.9 Å². The summed E-state index contributed by atoms with van der Waals surface area (Å²) in [7, 11) is 0. The van der Waals surface area contributed by atoms with Crippen LogP contribution in [0.5, 0.6) is 0 Å². The van der Waals surface area contributed by atoms with Crippen LogP contribution in [0.25, 0.3) is 0 Å². The van der Waals surface area contributed by atoms with Crippen molar-refractivity contribution in [2.45, 2.75) is 6.42 Å². The Balaban J connectivity index is 2.24. The van der Waals surface area contributed by atoms with Crippen LogP contribution in [0.4, 0.5) is 5.69 Å². The highest BCUT2D eigenvalue weighted by atomic mass is 16.6. The van der Waals surface area contributed by atoms with E-state index in [2.05, 4.69) is 5.32 Å². The van der Waals surface area contributed by atoms with Gasteiger partial charge in [0.15, 0.2) is 0 Å². The Morgan fingerprint density at radius 3 is 2.83 bits per heavy atom. The first-order chi connectivity index (χ1) is 8.70. The third-order valence-electron chi connectivity index (χ3n) is 2.96. The molecular weight excluding hydrogens is 234 g/mol. The molecule has 1 heterocycles. The fourth-order valence-electron chi connectivity index (χ4n) is 2.03. The number of amides is 1. The summed E-state index contributed by atoms with van der Waals surface area (Å²) >= 11 is 0. The molecule has 0 saturated carbocycles. The average molecular weight is 249 g/mol. The zero-order valence-electron chi connectivity index (χ0n) is 9.96. The van der Waals surface area contributed by atoms with Gasteiger partial charge in [-0.1, -0.05) is 12.1 Å². The normalized spacial score (nSPS) is 16.1. The van der Waals surface area contributed by atoms with Gasteiger partial charge in [0.1, 0.15) is 5.56 Å². The number of carbonyl (C=O) groups is 1. The van der Waals surface area contributed by atoms with E-state index in [1.54, 1.807) is 17.0 Å². The first-order valence-corrected chi connectivity index (χ1v) is 5.93. The van der Waals surface area contributed by atoms with Crippen LogP contribution < -0.4 is 5.32 Å². The second-order valence-electron chi connectivity index (χ2n) is 4.17. The number of para-hydroxylation sites is 1. The molecule has 0 radical (unpaired) electrons. The maximum absolute atomic E-state index is 12.3. The highest BCUT2D eigenvalue weighted by Crippen LogP contribution is 2.19. The summed E-state index contributed by atoms with van der Waals surface area (Å²) in [6, 6.07) is 6.09. The highest BCUT2D eigenvalue weighted by molar-refractivity contribution is 5.98. The van der Waals surface area contributed by atoms with Crippen molar-refractivity contribution >= 4 is 11.6 Å². The molecule has 96 valence electrons. The number of nitrogens with zero attached hydrogens (tertiary/aromatic N) is 2. The minimum absolute atomic E-state index is 0.125. The van der Waals surface area contributed by atoms with Gasteiger partial charge in [-0.05, 0) is 19.0 Å². The van der Waals surface area contributed by atoms with Crippen molar-refractivity contribution in [2.24, 2.45) is 0 Å². The number of hydrogen-bond acceptors (Lipinski definition) is 4. The Morgan fingerprint density at radius 1 is 1.28 bits per heavy atom. The lowest BCUT2D eigenvalue weighted by atomic mass is 10.1. The van der Waals surface area contributed by atoms with Crippen LogP contribution in [0.3, 0.4) is 0 Å². The molecule has 1 amide bonds. The van der Waals surface area contributed by atoms with Gasteiger partial charge >= 0.3 is 0 Å². The Kier molecular flexibility index (Phi) is 3.88. The molecule has 0 bridgehead atoms. The highest BCUT2D eigenvalue weighted by Gasteiger charge is 2.24. The maximum Gasteiger partial charge on any atom is 0.282 e. The molecule has 6 nitrogen and oxygen atoms in total. The van der Waals surface area contributed by atoms with Crippen molar-refractivity contribution < 1.29 is 9.72 Å². The lowest BCUT2D eigenvalue weighted by molar-refractivity contribution is -0.385. The van der Waals surface area contributed by atoms with Gasteiger partial charge in [0, 0.05) is 25.7 Å². The first-order valence-electron chi connectivity index (χ1n) is 5.93. The minimum Gasteiger partial charge on any atom is -0.337 e. The van der Waals surface area contributed by atoms with Crippen molar-refractivity contribution in [2.75, 3.05) is 26.2 Å². The predicted octanol–water partition coefficient (Wildman–Crippen LogP) is 1.03. The molecule has 18 heavy (non-hydrogen) atoms. The lowest BCUT2D eigenvalue weighted by Crippen LogP contribution is -2.34. The fraction of sp³-hybridized carbons (Fsp3) is 0.417. The van der Waals surface area contributed by atoms with Crippen molar-refractivity contribution in [3.8, 4) is 0 Å². The molecule has 0 aliphatic carbocycles. The molecule has 0 aromatic heterocycles. The Labute approximate surface area is 105 Å². The molecule has 0 unspecified atom stereocenters. The van der Waals surface area contributed by atoms with Crippen molar-refractivity contribution in [1.29, 1.82) is 0 Å². The van der Waals surface area contributed by atoms with Gasteiger partial charge in [0.05, 0.1) is 4.92 Å². The number of nitrogens with one attached hydrogen (secondary N) is 1. The van der Waals surface area contributed by atoms with Gasteiger partial charge in [0.2, 0.25) is 0 Å². The Bertz CT molecular complexity index is 454. The van der Waals surface area contributed by atoms with E-state index in [0.717, 1.165) is 19.5 Å². The van der Waals surface area contributed by atoms with Crippen LogP contribution in [0.2, 0.25) is 0 Å². The summed E-state index contributed by atoms with van der Waals surface area (Å²) in [6.45, 7) is 2.83. The van der Waals surface area contributed by atoms with Crippen LogP contribution >= 0.6 is 0 Å². The number of nitro benzene ring substituents is 1. The van der Waals surface area contributed by atoms with Crippen molar-refractivity contribution in [3.63, 3.8) is 0 Å². The lowest BCUT2D eigenvalue weighted by Gasteiger charge is -2.19. The second-order valence-corrected chi connectivity index (χ2v) is 4.17. The smallest absolute Gasteiger partial charge is 0.282 e. The van der Waals surface area contributed by atoms with Crippen molar-refractivity contribution in [1.82, 2.24) is 10.2 Å². The summed E-state index contributed by atoms with van der Waals surface area (Å²) in [4.78, 5) is 24.3. The van der Waals surface area contributed by atoms with E-state index in [0.29, 0.717) is 13.1 Å². The van der Waals surface area contributed by atoms with E-state index in [1.165, 1.54) is 12.1 Å². The first kappa shape index (κ1) is 12.5. The summed E-state index contributed by atoms with van der Waals surface area (Å²) in [5, 5.41) is 14.1. The molecule has 1 fully saturated rings. The minimum atomic E-state index is -0.511. The number of benzene rings is 1. The average Bonchev–Trinajstić information content (AvgIpc) is 2.66. The largest absolute Gasteiger partial charge is 0.337 e. The summed E-state index contributed by atoms with van der Waals surface area (Å²) < 4.78 is 0. The SMILES string of the molecule is O=C(c1ccccc1[N+](=O)[O-])N1CCCNCC1. The summed E-state index contributed by atoms with van der Waals surface area (Å²) in [5.74, 6) is -0.258. The summed E-state index contributed by atoms with van der Waals surface area (Å²) in [6.07, 6.45) is 0.867. The van der Waals surface area contributed by atoms with Gasteiger partial charge in [-0.15, -0.1) is 0 Å². The van der Waals surface area contributed by atoms with E-state index >= 15 is 0 Å². The third kappa shape index (κ3) is 2.65. The Hall–Kier alpha value is -1.95. The molecule has 0 atom stereocenters. The molecule has 1 N–H and O–H groups in total. The Morgan fingerprint density at radius 2 is 2.06 bits per heavy atom. The zero-order chi connectivity index (χ0) is 13.0. The van der Waals surface area contributed by atoms with Crippen LogP contribution in [-0.4, -0.2) is 41.9 Å². The maximum atomic E-state index is 12.3. The monoisotopic (exact) mass is 249 g/mol. The molecule has 1 aliphatic rings. The molecule has 1 aromatic carbocycles. The van der Waals surface area contributed by atoms with Crippen LogP contribution in [-0.2, 0) is 0 Å². The topological polar surface area (TPSA) is 75.5 Å². The zero-order valence-corrected chi connectivity index (χ0v) is 9.96. The number of nitro groups is 1. The summed E-state index contributed by atoms with van der Waals surface area (Å²) in [5.41, 5.74) is 0.0455. The van der Waals surface area contributed by atoms with E-state index < -0.39 is 4.92 Å². The van der Waals surface area contributed by atoms with Gasteiger partial charge in [-0.2, -0.15) is 0 Å². The third-order valence-corrected chi connectivity index (χ3v) is 2.96. The van der Waals surface area contributed by atoms with Crippen molar-refractivity contribution in [3.05, 3.63) is 39.9 Å². The number of rotatable bonds is 2. The van der Waals surface area contributed by atoms with Gasteiger partial charge in [-0.25, -0.2) is 0 Å². The van der Waals surface area contributed by atoms with Crippen LogP contribution in [0.1, 0.15) is 16.8 Å². The van der Waals surface area contributed by atoms with Gasteiger partial charge in [0.25, 0.3) is 11.6 Å². The molecule has 0 spiro atoms. The molecular formula is C12H15N3O3. The second kappa shape index (κ2) is 5.59. The fourth-order valence-corrected chi connectivity index (χ4v) is 2.03. The van der Waals surface area contributed by atoms with Crippen LogP contribution in [0, 0.1) is 10.1 Å². The molecule has 1 aliphatic heterocycles. The van der Waals surface area contributed by atoms with Crippen LogP contribution in [0.15, 0.2) is 24.3 Å².